The van der Waals surface area contributed by atoms with Crippen LogP contribution in [0.1, 0.15) is 0 Å². The van der Waals surface area contributed by atoms with E-state index in [1.54, 1.807) is 0 Å². The van der Waals surface area contributed by atoms with Crippen LogP contribution in [-0.2, 0) is 10.0 Å². The molecule has 0 bridgehead atoms. The molecule has 2 aromatic carbocycles. The van der Waals surface area contributed by atoms with Crippen molar-refractivity contribution in [2.45, 2.75) is 4.90 Å². The summed E-state index contributed by atoms with van der Waals surface area (Å²) in [5.74, 6) is 0. The molecule has 0 aromatic heterocycles. The van der Waals surface area contributed by atoms with Crippen LogP contribution in [0, 0.1) is 10.1 Å². The summed E-state index contributed by atoms with van der Waals surface area (Å²) in [6.45, 7) is 0. The fraction of sp³-hybridized carbons (Fsp3) is 0.0769. The van der Waals surface area contributed by atoms with Gasteiger partial charge in [0.1, 0.15) is 0 Å². The number of halogens is 2. The lowest BCUT2D eigenvalue weighted by molar-refractivity contribution is -0.387. The third-order valence-electron chi connectivity index (χ3n) is 2.95. The Kier molecular flexibility index (Phi) is 4.60. The predicted molar refractivity (Wildman–Crippen MR) is 85.1 cm³/mol. The minimum atomic E-state index is -4.16. The molecule has 0 atom stereocenters. The van der Waals surface area contributed by atoms with E-state index < -0.39 is 25.5 Å². The highest BCUT2D eigenvalue weighted by atomic mass is 35.5. The van der Waals surface area contributed by atoms with Crippen LogP contribution in [0.15, 0.2) is 47.4 Å². The van der Waals surface area contributed by atoms with E-state index in [0.717, 1.165) is 10.4 Å². The SMILES string of the molecule is CN(c1cc(Cl)ccc1Cl)S(=O)(=O)c1ccccc1[N+](=O)[O-]. The van der Waals surface area contributed by atoms with Gasteiger partial charge < -0.3 is 0 Å². The second-order valence-corrected chi connectivity index (χ2v) is 7.07. The average Bonchev–Trinajstić information content (AvgIpc) is 2.49. The van der Waals surface area contributed by atoms with Gasteiger partial charge in [-0.05, 0) is 24.3 Å². The van der Waals surface area contributed by atoms with E-state index in [1.165, 1.54) is 43.4 Å². The molecule has 0 spiro atoms. The zero-order chi connectivity index (χ0) is 16.5. The van der Waals surface area contributed by atoms with Crippen molar-refractivity contribution >= 4 is 44.6 Å². The topological polar surface area (TPSA) is 80.5 Å². The number of rotatable bonds is 4. The van der Waals surface area contributed by atoms with Gasteiger partial charge in [0, 0.05) is 18.1 Å². The summed E-state index contributed by atoms with van der Waals surface area (Å²) in [6.07, 6.45) is 0. The van der Waals surface area contributed by atoms with Crippen molar-refractivity contribution in [1.29, 1.82) is 0 Å². The van der Waals surface area contributed by atoms with Crippen molar-refractivity contribution in [2.24, 2.45) is 0 Å². The maximum Gasteiger partial charge on any atom is 0.289 e. The summed E-state index contributed by atoms with van der Waals surface area (Å²) in [7, 11) is -2.90. The highest BCUT2D eigenvalue weighted by molar-refractivity contribution is 7.93. The van der Waals surface area contributed by atoms with Crippen LogP contribution in [0.4, 0.5) is 11.4 Å². The molecule has 0 radical (unpaired) electrons. The van der Waals surface area contributed by atoms with Crippen LogP contribution in [0.3, 0.4) is 0 Å². The summed E-state index contributed by atoms with van der Waals surface area (Å²) in [4.78, 5) is 9.86. The third kappa shape index (κ3) is 3.01. The number of hydrogen-bond acceptors (Lipinski definition) is 4. The maximum absolute atomic E-state index is 12.6. The van der Waals surface area contributed by atoms with E-state index in [-0.39, 0.29) is 10.7 Å². The van der Waals surface area contributed by atoms with E-state index in [4.69, 9.17) is 23.2 Å². The van der Waals surface area contributed by atoms with Gasteiger partial charge in [0.05, 0.1) is 15.6 Å². The highest BCUT2D eigenvalue weighted by Gasteiger charge is 2.30. The molecule has 22 heavy (non-hydrogen) atoms. The van der Waals surface area contributed by atoms with Crippen LogP contribution in [0.5, 0.6) is 0 Å². The Morgan fingerprint density at radius 2 is 1.77 bits per heavy atom. The maximum atomic E-state index is 12.6. The second kappa shape index (κ2) is 6.12. The summed E-state index contributed by atoms with van der Waals surface area (Å²) < 4.78 is 26.1. The minimum Gasteiger partial charge on any atom is -0.268 e. The minimum absolute atomic E-state index is 0.132. The van der Waals surface area contributed by atoms with Crippen molar-refractivity contribution in [1.82, 2.24) is 0 Å². The molecule has 9 heteroatoms. The fourth-order valence-corrected chi connectivity index (χ4v) is 3.65. The highest BCUT2D eigenvalue weighted by Crippen LogP contribution is 2.34. The van der Waals surface area contributed by atoms with Gasteiger partial charge in [0.25, 0.3) is 15.7 Å². The Bertz CT molecular complexity index is 840. The molecule has 2 aromatic rings. The second-order valence-electron chi connectivity index (χ2n) is 4.29. The number of nitrogens with zero attached hydrogens (tertiary/aromatic N) is 2. The molecule has 2 rings (SSSR count). The van der Waals surface area contributed by atoms with Crippen molar-refractivity contribution in [3.8, 4) is 0 Å². The van der Waals surface area contributed by atoms with Gasteiger partial charge in [-0.15, -0.1) is 0 Å². The molecule has 6 nitrogen and oxygen atoms in total. The van der Waals surface area contributed by atoms with E-state index in [2.05, 4.69) is 0 Å². The molecule has 0 unspecified atom stereocenters. The Morgan fingerprint density at radius 3 is 2.41 bits per heavy atom. The summed E-state index contributed by atoms with van der Waals surface area (Å²) >= 11 is 11.8. The number of benzene rings is 2. The molecular formula is C13H10Cl2N2O4S. The van der Waals surface area contributed by atoms with Crippen LogP contribution in [0.25, 0.3) is 0 Å². The Balaban J connectivity index is 2.60. The molecule has 0 aliphatic heterocycles. The molecule has 0 heterocycles. The first-order chi connectivity index (χ1) is 10.2. The first kappa shape index (κ1) is 16.5. The first-order valence-electron chi connectivity index (χ1n) is 5.92. The fourth-order valence-electron chi connectivity index (χ4n) is 1.83. The lowest BCUT2D eigenvalue weighted by Crippen LogP contribution is -2.27. The van der Waals surface area contributed by atoms with E-state index in [9.17, 15) is 18.5 Å². The van der Waals surface area contributed by atoms with E-state index >= 15 is 0 Å². The normalized spacial score (nSPS) is 11.2. The van der Waals surface area contributed by atoms with Crippen molar-refractivity contribution in [3.05, 3.63) is 62.6 Å². The molecule has 0 aliphatic rings. The molecule has 116 valence electrons. The number of nitro benzene ring substituents is 1. The van der Waals surface area contributed by atoms with Gasteiger partial charge >= 0.3 is 0 Å². The molecule has 0 aliphatic carbocycles. The van der Waals surface area contributed by atoms with Crippen molar-refractivity contribution < 1.29 is 13.3 Å². The molecule has 0 saturated carbocycles. The zero-order valence-electron chi connectivity index (χ0n) is 11.2. The van der Waals surface area contributed by atoms with Crippen LogP contribution < -0.4 is 4.31 Å². The summed E-state index contributed by atoms with van der Waals surface area (Å²) in [5.41, 5.74) is -0.375. The number of nitro groups is 1. The van der Waals surface area contributed by atoms with Gasteiger partial charge in [-0.3, -0.25) is 14.4 Å². The van der Waals surface area contributed by atoms with Gasteiger partial charge in [-0.2, -0.15) is 0 Å². The van der Waals surface area contributed by atoms with Crippen LogP contribution >= 0.6 is 23.2 Å². The number of hydrogen-bond donors (Lipinski definition) is 0. The average molecular weight is 361 g/mol. The molecular weight excluding hydrogens is 351 g/mol. The number of anilines is 1. The smallest absolute Gasteiger partial charge is 0.268 e. The molecule has 0 N–H and O–H groups in total. The van der Waals surface area contributed by atoms with Crippen LogP contribution in [0.2, 0.25) is 10.0 Å². The van der Waals surface area contributed by atoms with E-state index in [0.29, 0.717) is 5.02 Å². The number of sulfonamides is 1. The largest absolute Gasteiger partial charge is 0.289 e. The molecule has 0 fully saturated rings. The van der Waals surface area contributed by atoms with Gasteiger partial charge in [0.15, 0.2) is 4.90 Å². The standard InChI is InChI=1S/C13H10Cl2N2O4S/c1-16(12-8-9(14)6-7-10(12)15)22(20,21)13-5-3-2-4-11(13)17(18)19/h2-8H,1H3. The monoisotopic (exact) mass is 360 g/mol. The first-order valence-corrected chi connectivity index (χ1v) is 8.12. The van der Waals surface area contributed by atoms with Gasteiger partial charge in [-0.1, -0.05) is 35.3 Å². The lowest BCUT2D eigenvalue weighted by atomic mass is 10.3. The quantitative estimate of drug-likeness (QED) is 0.614. The van der Waals surface area contributed by atoms with Gasteiger partial charge in [-0.25, -0.2) is 8.42 Å². The predicted octanol–water partition coefficient (Wildman–Crippen LogP) is 3.73. The Hall–Kier alpha value is -1.83. The van der Waals surface area contributed by atoms with Crippen LogP contribution in [-0.4, -0.2) is 20.4 Å². The Labute approximate surface area is 137 Å². The molecule has 0 saturated heterocycles. The van der Waals surface area contributed by atoms with Gasteiger partial charge in [0.2, 0.25) is 0 Å². The lowest BCUT2D eigenvalue weighted by Gasteiger charge is -2.20. The van der Waals surface area contributed by atoms with E-state index in [1.807, 2.05) is 0 Å². The Morgan fingerprint density at radius 1 is 1.14 bits per heavy atom. The van der Waals surface area contributed by atoms with Crippen molar-refractivity contribution in [3.63, 3.8) is 0 Å². The zero-order valence-corrected chi connectivity index (χ0v) is 13.6. The van der Waals surface area contributed by atoms with Crippen molar-refractivity contribution in [2.75, 3.05) is 11.4 Å². The summed E-state index contributed by atoms with van der Waals surface area (Å²) in [5, 5.41) is 11.5. The summed E-state index contributed by atoms with van der Waals surface area (Å²) in [6, 6.07) is 9.43. The third-order valence-corrected chi connectivity index (χ3v) is 5.32. The molecule has 0 amide bonds. The number of para-hydroxylation sites is 1.